The minimum Gasteiger partial charge on any atom is -0.475 e. The van der Waals surface area contributed by atoms with E-state index in [1.54, 1.807) is 12.1 Å². The van der Waals surface area contributed by atoms with Crippen LogP contribution in [0.1, 0.15) is 24.7 Å². The van der Waals surface area contributed by atoms with Crippen molar-refractivity contribution in [2.45, 2.75) is 24.9 Å². The number of aliphatic carboxylic acids is 1. The minimum atomic E-state index is -5.08. The van der Waals surface area contributed by atoms with E-state index in [9.17, 15) is 17.6 Å². The molecular formula is C21H18F4N6O3. The molecule has 0 saturated carbocycles. The Balaban J connectivity index is 0.000000344. The van der Waals surface area contributed by atoms with Gasteiger partial charge in [0.15, 0.2) is 11.5 Å². The first-order valence-electron chi connectivity index (χ1n) is 10.2. The Kier molecular flexibility index (Phi) is 6.54. The molecule has 4 aromatic rings. The van der Waals surface area contributed by atoms with E-state index in [1.807, 2.05) is 18.2 Å². The second-order valence-corrected chi connectivity index (χ2v) is 7.48. The lowest BCUT2D eigenvalue weighted by molar-refractivity contribution is -0.192. The molecule has 1 aliphatic heterocycles. The predicted octanol–water partition coefficient (Wildman–Crippen LogP) is 3.71. The monoisotopic (exact) mass is 478 g/mol. The number of carboxylic acid groups (broad SMARTS) is 1. The number of hydrogen-bond donors (Lipinski definition) is 2. The van der Waals surface area contributed by atoms with Gasteiger partial charge in [-0.1, -0.05) is 6.07 Å². The van der Waals surface area contributed by atoms with Gasteiger partial charge in [0.1, 0.15) is 17.7 Å². The highest BCUT2D eigenvalue weighted by atomic mass is 19.4. The summed E-state index contributed by atoms with van der Waals surface area (Å²) in [6.07, 6.45) is -1.61. The lowest BCUT2D eigenvalue weighted by Crippen LogP contribution is -2.26. The summed E-state index contributed by atoms with van der Waals surface area (Å²) in [6, 6.07) is 10.5. The molecule has 1 fully saturated rings. The van der Waals surface area contributed by atoms with Crippen LogP contribution in [0.5, 0.6) is 0 Å². The number of piperidine rings is 1. The summed E-state index contributed by atoms with van der Waals surface area (Å²) in [5.74, 6) is -1.98. The fourth-order valence-electron chi connectivity index (χ4n) is 3.52. The van der Waals surface area contributed by atoms with Gasteiger partial charge in [-0.25, -0.2) is 18.9 Å². The fraction of sp³-hybridized carbons (Fsp3) is 0.286. The van der Waals surface area contributed by atoms with Crippen molar-refractivity contribution >= 4 is 17.1 Å². The molecule has 2 aromatic carbocycles. The molecule has 0 unspecified atom stereocenters. The number of nitrogens with zero attached hydrogens (tertiary/aromatic N) is 5. The van der Waals surface area contributed by atoms with Crippen molar-refractivity contribution in [3.8, 4) is 16.8 Å². The highest BCUT2D eigenvalue weighted by Gasteiger charge is 2.38. The first-order chi connectivity index (χ1) is 16.2. The topological polar surface area (TPSA) is 119 Å². The van der Waals surface area contributed by atoms with Crippen LogP contribution >= 0.6 is 0 Å². The van der Waals surface area contributed by atoms with E-state index in [4.69, 9.17) is 14.3 Å². The first-order valence-corrected chi connectivity index (χ1v) is 10.2. The van der Waals surface area contributed by atoms with E-state index in [1.165, 1.54) is 17.1 Å². The summed E-state index contributed by atoms with van der Waals surface area (Å²) in [7, 11) is 0. The quantitative estimate of drug-likeness (QED) is 0.428. The van der Waals surface area contributed by atoms with Crippen LogP contribution in [0.4, 0.5) is 17.6 Å². The molecule has 2 N–H and O–H groups in total. The molecule has 2 aromatic heterocycles. The van der Waals surface area contributed by atoms with Crippen molar-refractivity contribution in [2.24, 2.45) is 0 Å². The molecule has 13 heteroatoms. The van der Waals surface area contributed by atoms with Gasteiger partial charge in [0.05, 0.1) is 5.69 Å². The third-order valence-corrected chi connectivity index (χ3v) is 5.21. The number of alkyl halides is 3. The van der Waals surface area contributed by atoms with Gasteiger partial charge in [0.25, 0.3) is 0 Å². The number of halogens is 4. The Hall–Kier alpha value is -3.87. The number of rotatable bonds is 3. The van der Waals surface area contributed by atoms with Crippen molar-refractivity contribution in [1.29, 1.82) is 0 Å². The van der Waals surface area contributed by atoms with Gasteiger partial charge in [-0.3, -0.25) is 0 Å². The number of oxazole rings is 1. The molecule has 0 amide bonds. The molecule has 0 atom stereocenters. The predicted molar refractivity (Wildman–Crippen MR) is 111 cm³/mol. The number of tetrazole rings is 1. The molecule has 3 heterocycles. The number of aromatic nitrogens is 5. The maximum Gasteiger partial charge on any atom is 0.490 e. The minimum absolute atomic E-state index is 0.342. The van der Waals surface area contributed by atoms with E-state index < -0.39 is 12.1 Å². The van der Waals surface area contributed by atoms with E-state index in [0.29, 0.717) is 17.2 Å². The van der Waals surface area contributed by atoms with Gasteiger partial charge >= 0.3 is 12.1 Å². The van der Waals surface area contributed by atoms with Crippen LogP contribution in [0.15, 0.2) is 47.1 Å². The maximum atomic E-state index is 14.7. The number of hydrogen-bond acceptors (Lipinski definition) is 7. The summed E-state index contributed by atoms with van der Waals surface area (Å²) in [5.41, 5.74) is 3.31. The zero-order chi connectivity index (χ0) is 24.3. The van der Waals surface area contributed by atoms with Crippen LogP contribution < -0.4 is 5.32 Å². The summed E-state index contributed by atoms with van der Waals surface area (Å²) in [6.45, 7) is 1.96. The summed E-state index contributed by atoms with van der Waals surface area (Å²) >= 11 is 0. The van der Waals surface area contributed by atoms with Crippen LogP contribution in [-0.2, 0) is 4.79 Å². The zero-order valence-electron chi connectivity index (χ0n) is 17.5. The van der Waals surface area contributed by atoms with Crippen molar-refractivity contribution in [3.05, 3.63) is 54.4 Å². The molecule has 0 radical (unpaired) electrons. The molecule has 1 saturated heterocycles. The average molecular weight is 478 g/mol. The van der Waals surface area contributed by atoms with Gasteiger partial charge in [-0.2, -0.15) is 13.2 Å². The van der Waals surface area contributed by atoms with E-state index in [2.05, 4.69) is 25.8 Å². The highest BCUT2D eigenvalue weighted by molar-refractivity contribution is 5.81. The largest absolute Gasteiger partial charge is 0.490 e. The summed E-state index contributed by atoms with van der Waals surface area (Å²) in [5, 5.41) is 21.4. The summed E-state index contributed by atoms with van der Waals surface area (Å²) < 4.78 is 53.8. The molecule has 34 heavy (non-hydrogen) atoms. The van der Waals surface area contributed by atoms with E-state index >= 15 is 0 Å². The summed E-state index contributed by atoms with van der Waals surface area (Å²) in [4.78, 5) is 13.6. The van der Waals surface area contributed by atoms with Gasteiger partial charge in [-0.15, -0.1) is 5.10 Å². The van der Waals surface area contributed by atoms with Crippen LogP contribution in [0, 0.1) is 5.82 Å². The third-order valence-electron chi connectivity index (χ3n) is 5.21. The molecule has 0 aliphatic carbocycles. The second-order valence-electron chi connectivity index (χ2n) is 7.48. The number of benzene rings is 2. The Morgan fingerprint density at radius 1 is 1.15 bits per heavy atom. The number of carbonyl (C=O) groups is 1. The Morgan fingerprint density at radius 3 is 2.50 bits per heavy atom. The van der Waals surface area contributed by atoms with Crippen molar-refractivity contribution in [3.63, 3.8) is 0 Å². The lowest BCUT2D eigenvalue weighted by atomic mass is 9.98. The van der Waals surface area contributed by atoms with Gasteiger partial charge in [0.2, 0.25) is 0 Å². The van der Waals surface area contributed by atoms with E-state index in [-0.39, 0.29) is 5.82 Å². The molecular weight excluding hydrogens is 460 g/mol. The van der Waals surface area contributed by atoms with E-state index in [0.717, 1.165) is 48.5 Å². The Labute approximate surface area is 189 Å². The number of carboxylic acids is 1. The fourth-order valence-corrected chi connectivity index (χ4v) is 3.52. The third kappa shape index (κ3) is 5.20. The average Bonchev–Trinajstić information content (AvgIpc) is 3.49. The standard InChI is InChI=1S/C19H17FN6O.C2HF3O2/c20-16-10-14(26-11-22-24-25-26)2-3-15(16)13-1-4-18-17(9-13)23-19(27-18)12-5-7-21-8-6-12;3-2(4,5)1(6)7/h1-4,9-12,21H,5-8H2;(H,6,7). The van der Waals surface area contributed by atoms with Gasteiger partial charge in [-0.05, 0) is 66.2 Å². The Morgan fingerprint density at radius 2 is 1.88 bits per heavy atom. The second kappa shape index (κ2) is 9.55. The molecule has 5 rings (SSSR count). The van der Waals surface area contributed by atoms with Gasteiger partial charge < -0.3 is 14.8 Å². The van der Waals surface area contributed by atoms with Crippen LogP contribution in [-0.4, -0.2) is 55.5 Å². The zero-order valence-corrected chi connectivity index (χ0v) is 17.5. The van der Waals surface area contributed by atoms with Crippen LogP contribution in [0.2, 0.25) is 0 Å². The smallest absolute Gasteiger partial charge is 0.475 e. The maximum absolute atomic E-state index is 14.7. The highest BCUT2D eigenvalue weighted by Crippen LogP contribution is 2.31. The molecule has 0 spiro atoms. The van der Waals surface area contributed by atoms with Crippen LogP contribution in [0.25, 0.3) is 27.9 Å². The van der Waals surface area contributed by atoms with Gasteiger partial charge in [0, 0.05) is 17.5 Å². The molecule has 0 bridgehead atoms. The van der Waals surface area contributed by atoms with Crippen molar-refractivity contribution in [1.82, 2.24) is 30.5 Å². The number of nitrogens with one attached hydrogen (secondary N) is 1. The lowest BCUT2D eigenvalue weighted by Gasteiger charge is -2.19. The molecule has 178 valence electrons. The molecule has 9 nitrogen and oxygen atoms in total. The van der Waals surface area contributed by atoms with Crippen molar-refractivity contribution in [2.75, 3.05) is 13.1 Å². The van der Waals surface area contributed by atoms with Crippen molar-refractivity contribution < 1.29 is 31.9 Å². The normalized spacial score (nSPS) is 14.6. The molecule has 1 aliphatic rings. The SMILES string of the molecule is Fc1cc(-n2cnnn2)ccc1-c1ccc2oc(C3CCNCC3)nc2c1.O=C(O)C(F)(F)F. The number of fused-ring (bicyclic) bond motifs is 1. The van der Waals surface area contributed by atoms with Crippen LogP contribution in [0.3, 0.4) is 0 Å². The Bertz CT molecular complexity index is 1280. The first kappa shape index (κ1) is 23.3.